The zero-order valence-corrected chi connectivity index (χ0v) is 18.4. The molecule has 2 aromatic carbocycles. The van der Waals surface area contributed by atoms with Crippen LogP contribution < -0.4 is 9.47 Å². The van der Waals surface area contributed by atoms with E-state index < -0.39 is 29.0 Å². The van der Waals surface area contributed by atoms with E-state index in [2.05, 4.69) is 6.92 Å². The van der Waals surface area contributed by atoms with Gasteiger partial charge in [0.15, 0.2) is 0 Å². The number of nitrogens with zero attached hydrogens (tertiary/aromatic N) is 1. The summed E-state index contributed by atoms with van der Waals surface area (Å²) < 4.78 is 58.9. The van der Waals surface area contributed by atoms with E-state index in [1.165, 1.54) is 0 Å². The van der Waals surface area contributed by atoms with Crippen molar-refractivity contribution in [2.24, 2.45) is 5.92 Å². The van der Waals surface area contributed by atoms with Crippen LogP contribution in [0.5, 0.6) is 11.5 Å². The van der Waals surface area contributed by atoms with Gasteiger partial charge in [-0.1, -0.05) is 13.3 Å². The summed E-state index contributed by atoms with van der Waals surface area (Å²) in [7, 11) is 0. The van der Waals surface area contributed by atoms with Gasteiger partial charge in [0.25, 0.3) is 0 Å². The average molecular weight is 461 g/mol. The SMILES string of the molecule is CCCCOC1CCC(COc2cc(F)c(C(=O)Oc3ccc(C#N)c(F)c3)c(F)c2)CC1. The molecule has 0 aromatic heterocycles. The normalized spacial score (nSPS) is 17.9. The summed E-state index contributed by atoms with van der Waals surface area (Å²) in [5.41, 5.74) is -1.15. The molecule has 1 aliphatic carbocycles. The number of halogens is 3. The number of benzene rings is 2. The number of carbonyl (C=O) groups is 1. The van der Waals surface area contributed by atoms with Crippen LogP contribution in [0.3, 0.4) is 0 Å². The lowest BCUT2D eigenvalue weighted by atomic mass is 9.88. The lowest BCUT2D eigenvalue weighted by Crippen LogP contribution is -2.25. The monoisotopic (exact) mass is 461 g/mol. The van der Waals surface area contributed by atoms with Crippen LogP contribution in [0.2, 0.25) is 0 Å². The fraction of sp³-hybridized carbons (Fsp3) is 0.440. The number of unbranched alkanes of at least 4 members (excludes halogenated alkanes) is 1. The summed E-state index contributed by atoms with van der Waals surface area (Å²) in [5.74, 6) is -4.54. The molecule has 1 fully saturated rings. The maximum atomic E-state index is 14.5. The minimum atomic E-state index is -1.32. The molecule has 1 saturated carbocycles. The summed E-state index contributed by atoms with van der Waals surface area (Å²) in [4.78, 5) is 12.2. The lowest BCUT2D eigenvalue weighted by molar-refractivity contribution is 0.0116. The first-order valence-electron chi connectivity index (χ1n) is 11.1. The Bertz CT molecular complexity index is 990. The molecule has 0 saturated heterocycles. The molecule has 2 aromatic rings. The predicted octanol–water partition coefficient (Wildman–Crippen LogP) is 5.95. The van der Waals surface area contributed by atoms with Crippen LogP contribution in [0.15, 0.2) is 30.3 Å². The molecule has 0 heterocycles. The molecule has 0 bridgehead atoms. The summed E-state index contributed by atoms with van der Waals surface area (Å²) in [6.45, 7) is 3.21. The first kappa shape index (κ1) is 24.6. The van der Waals surface area contributed by atoms with Gasteiger partial charge in [-0.05, 0) is 50.2 Å². The smallest absolute Gasteiger partial charge is 0.349 e. The van der Waals surface area contributed by atoms with E-state index in [4.69, 9.17) is 19.5 Å². The van der Waals surface area contributed by atoms with Gasteiger partial charge in [-0.3, -0.25) is 0 Å². The van der Waals surface area contributed by atoms with E-state index in [9.17, 15) is 18.0 Å². The number of ether oxygens (including phenoxy) is 3. The molecule has 5 nitrogen and oxygen atoms in total. The Balaban J connectivity index is 1.55. The second-order valence-corrected chi connectivity index (χ2v) is 8.08. The van der Waals surface area contributed by atoms with Gasteiger partial charge in [0, 0.05) is 24.8 Å². The van der Waals surface area contributed by atoms with Gasteiger partial charge in [-0.2, -0.15) is 5.26 Å². The van der Waals surface area contributed by atoms with Gasteiger partial charge in [-0.15, -0.1) is 0 Å². The third kappa shape index (κ3) is 6.72. The highest BCUT2D eigenvalue weighted by atomic mass is 19.1. The second kappa shape index (κ2) is 11.7. The number of hydrogen-bond donors (Lipinski definition) is 0. The van der Waals surface area contributed by atoms with Crippen LogP contribution in [0.25, 0.3) is 0 Å². The zero-order chi connectivity index (χ0) is 23.8. The minimum Gasteiger partial charge on any atom is -0.493 e. The number of rotatable bonds is 9. The third-order valence-corrected chi connectivity index (χ3v) is 5.62. The molecule has 0 spiro atoms. The second-order valence-electron chi connectivity index (χ2n) is 8.08. The Morgan fingerprint density at radius 3 is 2.30 bits per heavy atom. The first-order chi connectivity index (χ1) is 15.9. The third-order valence-electron chi connectivity index (χ3n) is 5.62. The van der Waals surface area contributed by atoms with E-state index in [-0.39, 0.29) is 29.1 Å². The molecule has 33 heavy (non-hydrogen) atoms. The predicted molar refractivity (Wildman–Crippen MR) is 115 cm³/mol. The van der Waals surface area contributed by atoms with Crippen LogP contribution in [0.4, 0.5) is 13.2 Å². The summed E-state index contributed by atoms with van der Waals surface area (Å²) in [5, 5.41) is 8.73. The molecule has 0 aliphatic heterocycles. The van der Waals surface area contributed by atoms with Crippen molar-refractivity contribution in [1.29, 1.82) is 5.26 Å². The summed E-state index contributed by atoms with van der Waals surface area (Å²) in [6, 6.07) is 6.55. The highest BCUT2D eigenvalue weighted by Crippen LogP contribution is 2.28. The molecule has 8 heteroatoms. The Morgan fingerprint density at radius 1 is 1.03 bits per heavy atom. The molecule has 0 unspecified atom stereocenters. The molecule has 176 valence electrons. The maximum absolute atomic E-state index is 14.5. The molecule has 3 rings (SSSR count). The van der Waals surface area contributed by atoms with Crippen molar-refractivity contribution in [3.05, 3.63) is 58.9 Å². The van der Waals surface area contributed by atoms with E-state index in [0.717, 1.165) is 75.5 Å². The van der Waals surface area contributed by atoms with E-state index in [1.807, 2.05) is 0 Å². The van der Waals surface area contributed by atoms with Crippen molar-refractivity contribution in [1.82, 2.24) is 0 Å². The van der Waals surface area contributed by atoms with Crippen molar-refractivity contribution in [2.45, 2.75) is 51.6 Å². The van der Waals surface area contributed by atoms with Gasteiger partial charge in [0.2, 0.25) is 0 Å². The summed E-state index contributed by atoms with van der Waals surface area (Å²) >= 11 is 0. The van der Waals surface area contributed by atoms with Crippen molar-refractivity contribution < 1.29 is 32.2 Å². The quantitative estimate of drug-likeness (QED) is 0.262. The van der Waals surface area contributed by atoms with Crippen molar-refractivity contribution in [3.63, 3.8) is 0 Å². The molecular formula is C25H26F3NO4. The van der Waals surface area contributed by atoms with E-state index >= 15 is 0 Å². The highest BCUT2D eigenvalue weighted by molar-refractivity contribution is 5.91. The number of carbonyl (C=O) groups excluding carboxylic acids is 1. The van der Waals surface area contributed by atoms with Crippen LogP contribution in [-0.2, 0) is 4.74 Å². The Kier molecular flexibility index (Phi) is 8.72. The number of nitriles is 1. The topological polar surface area (TPSA) is 68.6 Å². The van der Waals surface area contributed by atoms with Crippen LogP contribution in [-0.4, -0.2) is 25.3 Å². The lowest BCUT2D eigenvalue weighted by Gasteiger charge is -2.28. The standard InChI is InChI=1S/C25H26F3NO4/c1-2-3-10-31-18-7-4-16(5-8-18)15-32-20-12-22(27)24(23(28)13-20)25(30)33-19-9-6-17(14-29)21(26)11-19/h6,9,11-13,16,18H,2-5,7-8,10,15H2,1H3. The van der Waals surface area contributed by atoms with E-state index in [1.54, 1.807) is 6.07 Å². The Hall–Kier alpha value is -3.05. The number of hydrogen-bond acceptors (Lipinski definition) is 5. The molecule has 0 atom stereocenters. The molecule has 0 N–H and O–H groups in total. The van der Waals surface area contributed by atoms with Gasteiger partial charge in [0.05, 0.1) is 18.3 Å². The van der Waals surface area contributed by atoms with Gasteiger partial charge < -0.3 is 14.2 Å². The highest BCUT2D eigenvalue weighted by Gasteiger charge is 2.24. The Morgan fingerprint density at radius 2 is 1.70 bits per heavy atom. The van der Waals surface area contributed by atoms with Crippen molar-refractivity contribution >= 4 is 5.97 Å². The molecule has 0 amide bonds. The largest absolute Gasteiger partial charge is 0.493 e. The van der Waals surface area contributed by atoms with Crippen molar-refractivity contribution in [2.75, 3.05) is 13.2 Å². The van der Waals surface area contributed by atoms with Gasteiger partial charge in [0.1, 0.15) is 40.6 Å². The van der Waals surface area contributed by atoms with Gasteiger partial charge >= 0.3 is 5.97 Å². The number of esters is 1. The first-order valence-corrected chi connectivity index (χ1v) is 11.1. The fourth-order valence-corrected chi connectivity index (χ4v) is 3.71. The van der Waals surface area contributed by atoms with Gasteiger partial charge in [-0.25, -0.2) is 18.0 Å². The van der Waals surface area contributed by atoms with Crippen molar-refractivity contribution in [3.8, 4) is 17.6 Å². The maximum Gasteiger partial charge on any atom is 0.349 e. The van der Waals surface area contributed by atoms with Crippen LogP contribution in [0, 0.1) is 34.7 Å². The van der Waals surface area contributed by atoms with Crippen LogP contribution in [0.1, 0.15) is 61.4 Å². The molecule has 0 radical (unpaired) electrons. The minimum absolute atomic E-state index is 0.0210. The van der Waals surface area contributed by atoms with Crippen LogP contribution >= 0.6 is 0 Å². The molecule has 1 aliphatic rings. The Labute approximate surface area is 191 Å². The average Bonchev–Trinajstić information content (AvgIpc) is 2.78. The van der Waals surface area contributed by atoms with E-state index in [0.29, 0.717) is 6.61 Å². The summed E-state index contributed by atoms with van der Waals surface area (Å²) in [6.07, 6.45) is 6.09. The zero-order valence-electron chi connectivity index (χ0n) is 18.4. The molecular weight excluding hydrogens is 435 g/mol. The fourth-order valence-electron chi connectivity index (χ4n) is 3.71.